The van der Waals surface area contributed by atoms with E-state index in [0.29, 0.717) is 16.6 Å². The Kier molecular flexibility index (Phi) is 3.68. The third-order valence-electron chi connectivity index (χ3n) is 2.66. The molecule has 0 amide bonds. The zero-order valence-corrected chi connectivity index (χ0v) is 12.8. The number of rotatable bonds is 3. The average Bonchev–Trinajstić information content (AvgIpc) is 2.82. The van der Waals surface area contributed by atoms with Crippen molar-refractivity contribution in [2.24, 2.45) is 0 Å². The summed E-state index contributed by atoms with van der Waals surface area (Å²) in [7, 11) is 0. The van der Waals surface area contributed by atoms with Crippen molar-refractivity contribution in [3.63, 3.8) is 0 Å². The van der Waals surface area contributed by atoms with Crippen LogP contribution in [0.3, 0.4) is 0 Å². The Hall–Kier alpha value is -1.17. The molecular formula is C13H8BrClN2OS. The summed E-state index contributed by atoms with van der Waals surface area (Å²) in [5.74, 6) is 0.791. The molecule has 0 N–H and O–H groups in total. The summed E-state index contributed by atoms with van der Waals surface area (Å²) in [5, 5.41) is 6.20. The van der Waals surface area contributed by atoms with E-state index in [1.807, 2.05) is 30.3 Å². The van der Waals surface area contributed by atoms with Crippen LogP contribution in [-0.2, 0) is 6.61 Å². The average molecular weight is 356 g/mol. The minimum absolute atomic E-state index is 0.331. The van der Waals surface area contributed by atoms with Crippen molar-refractivity contribution in [3.05, 3.63) is 50.9 Å². The molecule has 0 radical (unpaired) electrons. The molecular weight excluding hydrogens is 348 g/mol. The van der Waals surface area contributed by atoms with Gasteiger partial charge in [-0.3, -0.25) is 0 Å². The zero-order chi connectivity index (χ0) is 13.2. The highest BCUT2D eigenvalue weighted by Crippen LogP contribution is 2.25. The fourth-order valence-corrected chi connectivity index (χ4v) is 2.70. The smallest absolute Gasteiger partial charge is 0.141 e. The first kappa shape index (κ1) is 12.8. The summed E-state index contributed by atoms with van der Waals surface area (Å²) in [6.45, 7) is 0.331. The van der Waals surface area contributed by atoms with Gasteiger partial charge in [-0.2, -0.15) is 0 Å². The van der Waals surface area contributed by atoms with Crippen LogP contribution in [-0.4, -0.2) is 9.59 Å². The van der Waals surface area contributed by atoms with Crippen molar-refractivity contribution in [2.75, 3.05) is 0 Å². The van der Waals surface area contributed by atoms with E-state index < -0.39 is 0 Å². The molecule has 2 aromatic carbocycles. The first-order valence-corrected chi connectivity index (χ1v) is 7.46. The van der Waals surface area contributed by atoms with Gasteiger partial charge in [-0.05, 0) is 35.0 Å². The van der Waals surface area contributed by atoms with Gasteiger partial charge in [0.15, 0.2) is 0 Å². The molecule has 6 heteroatoms. The van der Waals surface area contributed by atoms with Crippen LogP contribution >= 0.6 is 39.1 Å². The number of aromatic nitrogens is 2. The summed E-state index contributed by atoms with van der Waals surface area (Å²) < 4.78 is 11.1. The molecule has 3 nitrogen and oxygen atoms in total. The van der Waals surface area contributed by atoms with Crippen molar-refractivity contribution in [1.82, 2.24) is 9.59 Å². The molecule has 0 saturated carbocycles. The van der Waals surface area contributed by atoms with Gasteiger partial charge in [0.2, 0.25) is 0 Å². The minimum atomic E-state index is 0.331. The second-order valence-corrected chi connectivity index (χ2v) is 6.21. The highest BCUT2D eigenvalue weighted by Gasteiger charge is 2.06. The number of hydrogen-bond donors (Lipinski definition) is 0. The third kappa shape index (κ3) is 2.88. The van der Waals surface area contributed by atoms with Gasteiger partial charge in [-0.1, -0.05) is 44.2 Å². The van der Waals surface area contributed by atoms with Crippen LogP contribution in [0.25, 0.3) is 10.8 Å². The van der Waals surface area contributed by atoms with E-state index in [9.17, 15) is 0 Å². The van der Waals surface area contributed by atoms with Crippen molar-refractivity contribution >= 4 is 49.8 Å². The highest BCUT2D eigenvalue weighted by molar-refractivity contribution is 9.10. The van der Waals surface area contributed by atoms with E-state index in [1.165, 1.54) is 0 Å². The summed E-state index contributed by atoms with van der Waals surface area (Å²) in [6, 6.07) is 12.1. The van der Waals surface area contributed by atoms with E-state index >= 15 is 0 Å². The monoisotopic (exact) mass is 354 g/mol. The molecule has 0 aliphatic carbocycles. The molecule has 3 aromatic rings. The Morgan fingerprint density at radius 3 is 2.74 bits per heavy atom. The van der Waals surface area contributed by atoms with Crippen molar-refractivity contribution in [3.8, 4) is 5.75 Å². The number of benzene rings is 2. The molecule has 0 unspecified atom stereocenters. The molecule has 0 saturated heterocycles. The van der Waals surface area contributed by atoms with Gasteiger partial charge in [0, 0.05) is 16.0 Å². The molecule has 3 rings (SSSR count). The van der Waals surface area contributed by atoms with Gasteiger partial charge in [-0.25, -0.2) is 0 Å². The largest absolute Gasteiger partial charge is 0.487 e. The number of fused-ring (bicyclic) bond motifs is 1. The summed E-state index contributed by atoms with van der Waals surface area (Å²) in [5.41, 5.74) is 0.669. The fourth-order valence-electron chi connectivity index (χ4n) is 1.72. The van der Waals surface area contributed by atoms with Gasteiger partial charge >= 0.3 is 0 Å². The van der Waals surface area contributed by atoms with Crippen LogP contribution < -0.4 is 4.74 Å². The molecule has 0 bridgehead atoms. The molecule has 96 valence electrons. The van der Waals surface area contributed by atoms with Crippen LogP contribution in [0.1, 0.15) is 5.69 Å². The molecule has 0 atom stereocenters. The van der Waals surface area contributed by atoms with E-state index in [-0.39, 0.29) is 0 Å². The highest BCUT2D eigenvalue weighted by atomic mass is 79.9. The van der Waals surface area contributed by atoms with Gasteiger partial charge < -0.3 is 4.74 Å². The van der Waals surface area contributed by atoms with Gasteiger partial charge in [-0.15, -0.1) is 5.10 Å². The predicted octanol–water partition coefficient (Wildman–Crippen LogP) is 4.69. The first-order chi connectivity index (χ1) is 9.22. The second kappa shape index (κ2) is 5.45. The third-order valence-corrected chi connectivity index (χ3v) is 4.14. The van der Waals surface area contributed by atoms with Crippen LogP contribution in [0, 0.1) is 0 Å². The Labute approximate surface area is 127 Å². The maximum absolute atomic E-state index is 5.93. The molecule has 0 spiro atoms. The first-order valence-electron chi connectivity index (χ1n) is 5.51. The topological polar surface area (TPSA) is 35.0 Å². The molecule has 1 heterocycles. The SMILES string of the molecule is Clc1snnc1COc1ccc2cc(Br)ccc2c1. The van der Waals surface area contributed by atoms with E-state index in [2.05, 4.69) is 31.6 Å². The maximum Gasteiger partial charge on any atom is 0.141 e. The quantitative estimate of drug-likeness (QED) is 0.684. The Morgan fingerprint density at radius 2 is 1.95 bits per heavy atom. The number of halogens is 2. The lowest BCUT2D eigenvalue weighted by molar-refractivity contribution is 0.301. The zero-order valence-electron chi connectivity index (χ0n) is 9.64. The molecule has 0 fully saturated rings. The lowest BCUT2D eigenvalue weighted by atomic mass is 10.1. The second-order valence-electron chi connectivity index (χ2n) is 3.94. The predicted molar refractivity (Wildman–Crippen MR) is 80.9 cm³/mol. The Morgan fingerprint density at radius 1 is 1.16 bits per heavy atom. The van der Waals surface area contributed by atoms with Crippen LogP contribution in [0.5, 0.6) is 5.75 Å². The van der Waals surface area contributed by atoms with E-state index in [4.69, 9.17) is 16.3 Å². The minimum Gasteiger partial charge on any atom is -0.487 e. The van der Waals surface area contributed by atoms with Gasteiger partial charge in [0.1, 0.15) is 22.4 Å². The molecule has 19 heavy (non-hydrogen) atoms. The summed E-state index contributed by atoms with van der Waals surface area (Å²) >= 11 is 10.5. The maximum atomic E-state index is 5.93. The van der Waals surface area contributed by atoms with Gasteiger partial charge in [0.05, 0.1) is 0 Å². The number of ether oxygens (including phenoxy) is 1. The molecule has 0 aliphatic rings. The van der Waals surface area contributed by atoms with Crippen LogP contribution in [0.2, 0.25) is 4.34 Å². The lowest BCUT2D eigenvalue weighted by Crippen LogP contribution is -1.96. The van der Waals surface area contributed by atoms with Crippen LogP contribution in [0.15, 0.2) is 40.9 Å². The lowest BCUT2D eigenvalue weighted by Gasteiger charge is -2.06. The Balaban J connectivity index is 1.82. The standard InChI is InChI=1S/C13H8BrClN2OS/c14-10-3-1-9-6-11(4-2-8(9)5-10)18-7-12-13(15)19-17-16-12/h1-6H,7H2. The summed E-state index contributed by atoms with van der Waals surface area (Å²) in [6.07, 6.45) is 0. The fraction of sp³-hybridized carbons (Fsp3) is 0.0769. The van der Waals surface area contributed by atoms with Crippen molar-refractivity contribution in [1.29, 1.82) is 0 Å². The summed E-state index contributed by atoms with van der Waals surface area (Å²) in [4.78, 5) is 0. The van der Waals surface area contributed by atoms with Crippen molar-refractivity contribution < 1.29 is 4.74 Å². The van der Waals surface area contributed by atoms with Gasteiger partial charge in [0.25, 0.3) is 0 Å². The number of nitrogens with zero attached hydrogens (tertiary/aromatic N) is 2. The van der Waals surface area contributed by atoms with E-state index in [1.54, 1.807) is 0 Å². The van der Waals surface area contributed by atoms with Crippen LogP contribution in [0.4, 0.5) is 0 Å². The Bertz CT molecular complexity index is 731. The van der Waals surface area contributed by atoms with E-state index in [0.717, 1.165) is 32.5 Å². The molecule has 0 aliphatic heterocycles. The number of hydrogen-bond acceptors (Lipinski definition) is 4. The normalized spacial score (nSPS) is 10.8. The van der Waals surface area contributed by atoms with Crippen molar-refractivity contribution in [2.45, 2.75) is 6.61 Å². The molecule has 1 aromatic heterocycles.